The van der Waals surface area contributed by atoms with E-state index in [0.717, 1.165) is 0 Å². The van der Waals surface area contributed by atoms with Crippen LogP contribution in [0.4, 0.5) is 5.69 Å². The number of ether oxygens (including phenoxy) is 1. The zero-order chi connectivity index (χ0) is 10.7. The molecule has 0 saturated carbocycles. The molecule has 0 heterocycles. The standard InChI is InChI=1S/C9H10ClNO3.K.H/c1-2-14-8-4-6(10)5(9(12)13)3-7(8)11;;/h3-4H,2,11H2,1H3,(H,12,13);;. The van der Waals surface area contributed by atoms with E-state index in [1.807, 2.05) is 0 Å². The Kier molecular flexibility index (Phi) is 6.82. The molecule has 0 atom stereocenters. The Balaban J connectivity index is 0.00000196. The molecule has 6 heteroatoms. The van der Waals surface area contributed by atoms with Gasteiger partial charge in [0.2, 0.25) is 0 Å². The van der Waals surface area contributed by atoms with E-state index in [0.29, 0.717) is 12.4 Å². The molecule has 1 aromatic rings. The maximum atomic E-state index is 10.7. The summed E-state index contributed by atoms with van der Waals surface area (Å²) in [6, 6.07) is 2.69. The molecule has 3 N–H and O–H groups in total. The minimum absolute atomic E-state index is 0. The van der Waals surface area contributed by atoms with E-state index in [4.69, 9.17) is 27.2 Å². The monoisotopic (exact) mass is 255 g/mol. The van der Waals surface area contributed by atoms with Crippen molar-refractivity contribution in [3.05, 3.63) is 22.7 Å². The normalized spacial score (nSPS) is 9.20. The summed E-state index contributed by atoms with van der Waals surface area (Å²) in [4.78, 5) is 10.7. The second-order valence-electron chi connectivity index (χ2n) is 2.61. The molecule has 0 aromatic heterocycles. The van der Waals surface area contributed by atoms with Gasteiger partial charge in [0.05, 0.1) is 22.9 Å². The number of benzene rings is 1. The van der Waals surface area contributed by atoms with Crippen molar-refractivity contribution >= 4 is 74.6 Å². The summed E-state index contributed by atoms with van der Waals surface area (Å²) in [5.41, 5.74) is 5.82. The van der Waals surface area contributed by atoms with E-state index in [2.05, 4.69) is 0 Å². The van der Waals surface area contributed by atoms with E-state index >= 15 is 0 Å². The molecule has 78 valence electrons. The summed E-state index contributed by atoms with van der Waals surface area (Å²) in [5, 5.41) is 8.85. The van der Waals surface area contributed by atoms with Gasteiger partial charge in [-0.2, -0.15) is 0 Å². The fourth-order valence-corrected chi connectivity index (χ4v) is 1.25. The first kappa shape index (κ1) is 15.2. The van der Waals surface area contributed by atoms with Crippen molar-refractivity contribution in [2.75, 3.05) is 12.3 Å². The number of nitrogens with two attached hydrogens (primary N) is 1. The molecule has 0 aliphatic heterocycles. The van der Waals surface area contributed by atoms with Gasteiger partial charge in [-0.3, -0.25) is 0 Å². The number of nitrogen functional groups attached to an aromatic ring is 1. The van der Waals surface area contributed by atoms with Crippen LogP contribution in [0.1, 0.15) is 17.3 Å². The third-order valence-electron chi connectivity index (χ3n) is 1.63. The predicted molar refractivity (Wildman–Crippen MR) is 61.1 cm³/mol. The van der Waals surface area contributed by atoms with Crippen molar-refractivity contribution in [1.82, 2.24) is 0 Å². The summed E-state index contributed by atoms with van der Waals surface area (Å²) in [6.07, 6.45) is 0. The summed E-state index contributed by atoms with van der Waals surface area (Å²) < 4.78 is 5.15. The molecule has 0 unspecified atom stereocenters. The summed E-state index contributed by atoms with van der Waals surface area (Å²) >= 11 is 5.72. The second-order valence-corrected chi connectivity index (χ2v) is 3.02. The molecule has 0 aliphatic rings. The zero-order valence-electron chi connectivity index (χ0n) is 7.58. The van der Waals surface area contributed by atoms with Crippen LogP contribution >= 0.6 is 11.6 Å². The van der Waals surface area contributed by atoms with Gasteiger partial charge >= 0.3 is 57.4 Å². The number of carbonyl (C=O) groups is 1. The van der Waals surface area contributed by atoms with Crippen LogP contribution in [0.5, 0.6) is 5.75 Å². The summed E-state index contributed by atoms with van der Waals surface area (Å²) in [7, 11) is 0. The van der Waals surface area contributed by atoms with Gasteiger partial charge in [0, 0.05) is 6.07 Å². The molecular formula is C9H11ClKNO3. The Labute approximate surface area is 135 Å². The van der Waals surface area contributed by atoms with Crippen LogP contribution < -0.4 is 10.5 Å². The first-order chi connectivity index (χ1) is 6.56. The Morgan fingerprint density at radius 3 is 2.67 bits per heavy atom. The molecule has 0 bridgehead atoms. The van der Waals surface area contributed by atoms with Crippen LogP contribution in [-0.4, -0.2) is 69.1 Å². The number of halogens is 1. The number of carboxylic acid groups (broad SMARTS) is 1. The molecule has 0 spiro atoms. The third-order valence-corrected chi connectivity index (χ3v) is 1.94. The molecule has 0 saturated heterocycles. The first-order valence-corrected chi connectivity index (χ1v) is 4.39. The van der Waals surface area contributed by atoms with E-state index in [1.165, 1.54) is 12.1 Å². The second kappa shape index (κ2) is 6.72. The van der Waals surface area contributed by atoms with Gasteiger partial charge in [0.25, 0.3) is 0 Å². The van der Waals surface area contributed by atoms with E-state index in [9.17, 15) is 4.79 Å². The number of aromatic carboxylic acids is 1. The van der Waals surface area contributed by atoms with Gasteiger partial charge < -0.3 is 15.6 Å². The molecule has 0 amide bonds. The average molecular weight is 256 g/mol. The van der Waals surface area contributed by atoms with Crippen LogP contribution in [-0.2, 0) is 0 Å². The van der Waals surface area contributed by atoms with Crippen molar-refractivity contribution in [3.63, 3.8) is 0 Å². The van der Waals surface area contributed by atoms with E-state index < -0.39 is 5.97 Å². The van der Waals surface area contributed by atoms with E-state index in [1.54, 1.807) is 6.92 Å². The Morgan fingerprint density at radius 2 is 2.20 bits per heavy atom. The number of carboxylic acids is 1. The third kappa shape index (κ3) is 3.94. The van der Waals surface area contributed by atoms with Crippen LogP contribution in [0.2, 0.25) is 5.02 Å². The average Bonchev–Trinajstić information content (AvgIpc) is 2.10. The number of hydrogen-bond donors (Lipinski definition) is 2. The number of hydrogen-bond acceptors (Lipinski definition) is 3. The molecule has 0 radical (unpaired) electrons. The summed E-state index contributed by atoms with van der Waals surface area (Å²) in [6.45, 7) is 2.26. The molecule has 1 aromatic carbocycles. The van der Waals surface area contributed by atoms with Crippen molar-refractivity contribution in [2.45, 2.75) is 6.92 Å². The Hall–Kier alpha value is 0.216. The SMILES string of the molecule is CCOc1cc(Cl)c(C(=O)O)cc1N.[KH]. The number of anilines is 1. The molecule has 0 aliphatic carbocycles. The van der Waals surface area contributed by atoms with E-state index in [-0.39, 0.29) is 67.7 Å². The topological polar surface area (TPSA) is 72.5 Å². The van der Waals surface area contributed by atoms with Gasteiger partial charge in [0.15, 0.2) is 0 Å². The quantitative estimate of drug-likeness (QED) is 0.632. The van der Waals surface area contributed by atoms with Crippen LogP contribution in [0.3, 0.4) is 0 Å². The van der Waals surface area contributed by atoms with Crippen molar-refractivity contribution in [1.29, 1.82) is 0 Å². The fraction of sp³-hybridized carbons (Fsp3) is 0.222. The molecule has 15 heavy (non-hydrogen) atoms. The zero-order valence-corrected chi connectivity index (χ0v) is 8.34. The van der Waals surface area contributed by atoms with Gasteiger partial charge in [-0.25, -0.2) is 4.79 Å². The molecular weight excluding hydrogens is 245 g/mol. The van der Waals surface area contributed by atoms with Gasteiger partial charge in [-0.05, 0) is 13.0 Å². The van der Waals surface area contributed by atoms with Crippen molar-refractivity contribution in [2.24, 2.45) is 0 Å². The van der Waals surface area contributed by atoms with Gasteiger partial charge in [-0.1, -0.05) is 11.6 Å². The van der Waals surface area contributed by atoms with Gasteiger partial charge in [0.1, 0.15) is 5.75 Å². The Bertz CT molecular complexity index is 371. The predicted octanol–water partition coefficient (Wildman–Crippen LogP) is 1.37. The number of rotatable bonds is 3. The van der Waals surface area contributed by atoms with Crippen LogP contribution in [0.25, 0.3) is 0 Å². The summed E-state index contributed by atoms with van der Waals surface area (Å²) in [5.74, 6) is -0.702. The van der Waals surface area contributed by atoms with Crippen LogP contribution in [0, 0.1) is 0 Å². The fourth-order valence-electron chi connectivity index (χ4n) is 1.02. The molecule has 4 nitrogen and oxygen atoms in total. The molecule has 1 rings (SSSR count). The van der Waals surface area contributed by atoms with Crippen LogP contribution in [0.15, 0.2) is 12.1 Å². The van der Waals surface area contributed by atoms with Gasteiger partial charge in [-0.15, -0.1) is 0 Å². The molecule has 0 fully saturated rings. The first-order valence-electron chi connectivity index (χ1n) is 4.01. The van der Waals surface area contributed by atoms with Crippen molar-refractivity contribution < 1.29 is 14.6 Å². The van der Waals surface area contributed by atoms with Crippen molar-refractivity contribution in [3.8, 4) is 5.75 Å². The maximum absolute atomic E-state index is 10.7. The minimum atomic E-state index is -1.11. The Morgan fingerprint density at radius 1 is 1.60 bits per heavy atom.